The summed E-state index contributed by atoms with van der Waals surface area (Å²) in [4.78, 5) is 11.8. The second-order valence-electron chi connectivity index (χ2n) is 5.41. The van der Waals surface area contributed by atoms with E-state index in [-0.39, 0.29) is 12.8 Å². The van der Waals surface area contributed by atoms with Crippen molar-refractivity contribution in [3.63, 3.8) is 0 Å². The van der Waals surface area contributed by atoms with Crippen LogP contribution >= 0.6 is 0 Å². The highest BCUT2D eigenvalue weighted by Gasteiger charge is 2.39. The Hall–Kier alpha value is -0.650. The van der Waals surface area contributed by atoms with Crippen LogP contribution in [0, 0.1) is 5.92 Å². The van der Waals surface area contributed by atoms with E-state index in [1.807, 2.05) is 0 Å². The molecule has 4 N–H and O–H groups in total. The number of carbonyl (C=O) groups excluding carboxylic acids is 1. The highest BCUT2D eigenvalue weighted by Crippen LogP contribution is 2.26. The number of hydrogen-bond donors (Lipinski definition) is 3. The molecule has 94 valence electrons. The third-order valence-corrected chi connectivity index (χ3v) is 2.68. The Balaban J connectivity index is 2.62. The van der Waals surface area contributed by atoms with Crippen LogP contribution in [0.2, 0.25) is 0 Å². The van der Waals surface area contributed by atoms with Gasteiger partial charge in [0.2, 0.25) is 0 Å². The van der Waals surface area contributed by atoms with Gasteiger partial charge in [0.05, 0.1) is 18.1 Å². The fraction of sp³-hybridized carbons (Fsp3) is 0.909. The van der Waals surface area contributed by atoms with Crippen molar-refractivity contribution in [3.8, 4) is 0 Å². The Morgan fingerprint density at radius 2 is 1.75 bits per heavy atom. The number of esters is 1. The van der Waals surface area contributed by atoms with Gasteiger partial charge in [-0.3, -0.25) is 4.79 Å². The highest BCUT2D eigenvalue weighted by molar-refractivity contribution is 5.74. The van der Waals surface area contributed by atoms with Gasteiger partial charge in [-0.15, -0.1) is 0 Å². The van der Waals surface area contributed by atoms with Crippen LogP contribution < -0.4 is 5.73 Å². The van der Waals surface area contributed by atoms with Crippen molar-refractivity contribution in [2.24, 2.45) is 11.7 Å². The van der Waals surface area contributed by atoms with Gasteiger partial charge in [0.1, 0.15) is 5.60 Å². The van der Waals surface area contributed by atoms with Gasteiger partial charge < -0.3 is 20.7 Å². The van der Waals surface area contributed by atoms with Gasteiger partial charge in [-0.25, -0.2) is 0 Å². The highest BCUT2D eigenvalue weighted by atomic mass is 16.6. The molecule has 1 saturated carbocycles. The quantitative estimate of drug-likeness (QED) is 0.543. The smallest absolute Gasteiger partial charge is 0.311 e. The first-order valence-corrected chi connectivity index (χ1v) is 5.55. The fourth-order valence-corrected chi connectivity index (χ4v) is 1.84. The van der Waals surface area contributed by atoms with Crippen molar-refractivity contribution >= 4 is 5.97 Å². The zero-order valence-corrected chi connectivity index (χ0v) is 10.0. The van der Waals surface area contributed by atoms with E-state index in [2.05, 4.69) is 0 Å². The predicted octanol–water partition coefficient (Wildman–Crippen LogP) is -0.213. The van der Waals surface area contributed by atoms with Gasteiger partial charge in [0.15, 0.2) is 0 Å². The van der Waals surface area contributed by atoms with Crippen LogP contribution in [0.1, 0.15) is 33.6 Å². The minimum Gasteiger partial charge on any atom is -0.460 e. The molecule has 0 aromatic heterocycles. The van der Waals surface area contributed by atoms with E-state index in [1.54, 1.807) is 20.8 Å². The second kappa shape index (κ2) is 4.69. The summed E-state index contributed by atoms with van der Waals surface area (Å²) < 4.78 is 5.22. The van der Waals surface area contributed by atoms with Crippen LogP contribution in [0.3, 0.4) is 0 Å². The van der Waals surface area contributed by atoms with Gasteiger partial charge in [-0.05, 0) is 33.6 Å². The molecule has 0 aromatic carbocycles. The zero-order valence-electron chi connectivity index (χ0n) is 10.0. The monoisotopic (exact) mass is 231 g/mol. The van der Waals surface area contributed by atoms with E-state index in [0.717, 1.165) is 0 Å². The lowest BCUT2D eigenvalue weighted by atomic mass is 9.81. The molecule has 0 aliphatic heterocycles. The third kappa shape index (κ3) is 3.43. The lowest BCUT2D eigenvalue weighted by Gasteiger charge is -2.35. The zero-order chi connectivity index (χ0) is 12.5. The van der Waals surface area contributed by atoms with Crippen LogP contribution in [0.15, 0.2) is 0 Å². The van der Waals surface area contributed by atoms with Crippen molar-refractivity contribution in [3.05, 3.63) is 0 Å². The molecule has 0 saturated heterocycles. The summed E-state index contributed by atoms with van der Waals surface area (Å²) in [6, 6.07) is -0.451. The molecule has 5 heteroatoms. The molecule has 1 aliphatic rings. The van der Waals surface area contributed by atoms with Crippen LogP contribution in [0.5, 0.6) is 0 Å². The van der Waals surface area contributed by atoms with Gasteiger partial charge in [-0.2, -0.15) is 0 Å². The summed E-state index contributed by atoms with van der Waals surface area (Å²) in [6.07, 6.45) is -1.34. The first-order valence-electron chi connectivity index (χ1n) is 5.55. The van der Waals surface area contributed by atoms with Crippen molar-refractivity contribution < 1.29 is 19.7 Å². The average Bonchev–Trinajstić information content (AvgIpc) is 2.08. The second-order valence-corrected chi connectivity index (χ2v) is 5.41. The Morgan fingerprint density at radius 3 is 2.25 bits per heavy atom. The minimum atomic E-state index is -0.891. The Bertz CT molecular complexity index is 261. The molecule has 5 nitrogen and oxygen atoms in total. The molecule has 0 aromatic rings. The van der Waals surface area contributed by atoms with Crippen molar-refractivity contribution in [2.45, 2.75) is 57.5 Å². The third-order valence-electron chi connectivity index (χ3n) is 2.68. The standard InChI is InChI=1S/C11H21NO4/c1-11(2,3)16-10(15)6-4-8(13)9(14)5-7(6)12/h6-9,13-14H,4-5,12H2,1-3H3/t6-,7+,8+,9-/m1/s1. The molecular weight excluding hydrogens is 210 g/mol. The Morgan fingerprint density at radius 1 is 1.25 bits per heavy atom. The van der Waals surface area contributed by atoms with Gasteiger partial charge in [-0.1, -0.05) is 0 Å². The molecule has 0 amide bonds. The Kier molecular flexibility index (Phi) is 3.93. The summed E-state index contributed by atoms with van der Waals surface area (Å²) in [7, 11) is 0. The Labute approximate surface area is 95.6 Å². The molecule has 0 unspecified atom stereocenters. The molecule has 0 heterocycles. The molecule has 16 heavy (non-hydrogen) atoms. The van der Waals surface area contributed by atoms with E-state index < -0.39 is 35.7 Å². The molecule has 0 radical (unpaired) electrons. The van der Waals surface area contributed by atoms with E-state index in [9.17, 15) is 15.0 Å². The first-order chi connectivity index (χ1) is 7.20. The maximum Gasteiger partial charge on any atom is 0.311 e. The summed E-state index contributed by atoms with van der Waals surface area (Å²) >= 11 is 0. The maximum atomic E-state index is 11.8. The normalized spacial score (nSPS) is 35.9. The number of hydrogen-bond acceptors (Lipinski definition) is 5. The van der Waals surface area contributed by atoms with Crippen LogP contribution in [-0.4, -0.2) is 40.0 Å². The summed E-state index contributed by atoms with van der Waals surface area (Å²) in [5.74, 6) is -0.927. The molecular formula is C11H21NO4. The van der Waals surface area contributed by atoms with E-state index in [1.165, 1.54) is 0 Å². The summed E-state index contributed by atoms with van der Waals surface area (Å²) in [5.41, 5.74) is 5.22. The average molecular weight is 231 g/mol. The van der Waals surface area contributed by atoms with E-state index in [0.29, 0.717) is 0 Å². The lowest BCUT2D eigenvalue weighted by Crippen LogP contribution is -2.50. The topological polar surface area (TPSA) is 92.8 Å². The number of nitrogens with two attached hydrogens (primary N) is 1. The number of rotatable bonds is 1. The fourth-order valence-electron chi connectivity index (χ4n) is 1.84. The minimum absolute atomic E-state index is 0.164. The first kappa shape index (κ1) is 13.4. The predicted molar refractivity (Wildman–Crippen MR) is 58.6 cm³/mol. The number of aliphatic hydroxyl groups excluding tert-OH is 2. The van der Waals surface area contributed by atoms with Crippen LogP contribution in [-0.2, 0) is 9.53 Å². The van der Waals surface area contributed by atoms with E-state index >= 15 is 0 Å². The number of ether oxygens (including phenoxy) is 1. The van der Waals surface area contributed by atoms with Gasteiger partial charge in [0.25, 0.3) is 0 Å². The van der Waals surface area contributed by atoms with Crippen molar-refractivity contribution in [1.82, 2.24) is 0 Å². The summed E-state index contributed by atoms with van der Waals surface area (Å²) in [6.45, 7) is 5.35. The summed E-state index contributed by atoms with van der Waals surface area (Å²) in [5, 5.41) is 18.9. The molecule has 0 bridgehead atoms. The molecule has 4 atom stereocenters. The largest absolute Gasteiger partial charge is 0.460 e. The van der Waals surface area contributed by atoms with Crippen LogP contribution in [0.25, 0.3) is 0 Å². The van der Waals surface area contributed by atoms with Crippen molar-refractivity contribution in [2.75, 3.05) is 0 Å². The maximum absolute atomic E-state index is 11.8. The number of aliphatic hydroxyl groups is 2. The van der Waals surface area contributed by atoms with Crippen molar-refractivity contribution in [1.29, 1.82) is 0 Å². The molecule has 1 fully saturated rings. The van der Waals surface area contributed by atoms with Gasteiger partial charge in [0, 0.05) is 6.04 Å². The van der Waals surface area contributed by atoms with Gasteiger partial charge >= 0.3 is 5.97 Å². The molecule has 1 rings (SSSR count). The molecule has 0 spiro atoms. The molecule has 1 aliphatic carbocycles. The van der Waals surface area contributed by atoms with Crippen LogP contribution in [0.4, 0.5) is 0 Å². The van der Waals surface area contributed by atoms with E-state index in [4.69, 9.17) is 10.5 Å². The lowest BCUT2D eigenvalue weighted by molar-refractivity contribution is -0.165. The SMILES string of the molecule is CC(C)(C)OC(=O)[C@@H]1C[C@H](O)[C@H](O)C[C@@H]1N. The number of carbonyl (C=O) groups is 1.